The molecule has 0 amide bonds. The van der Waals surface area contributed by atoms with E-state index in [1.165, 1.54) is 31.6 Å². The van der Waals surface area contributed by atoms with Crippen LogP contribution in [0.1, 0.15) is 19.8 Å². The summed E-state index contributed by atoms with van der Waals surface area (Å²) in [6, 6.07) is 12.7. The van der Waals surface area contributed by atoms with Gasteiger partial charge in [-0.15, -0.1) is 0 Å². The van der Waals surface area contributed by atoms with Crippen molar-refractivity contribution < 1.29 is 0 Å². The summed E-state index contributed by atoms with van der Waals surface area (Å²) in [7, 11) is 0. The van der Waals surface area contributed by atoms with Gasteiger partial charge in [0.25, 0.3) is 0 Å². The first-order chi connectivity index (χ1) is 10.3. The quantitative estimate of drug-likeness (QED) is 0.873. The average molecular weight is 282 g/mol. The molecule has 2 N–H and O–H groups in total. The molecule has 1 aromatic heterocycles. The van der Waals surface area contributed by atoms with Crippen LogP contribution in [0.3, 0.4) is 0 Å². The molecule has 1 saturated heterocycles. The molecule has 0 atom stereocenters. The molecule has 0 spiro atoms. The highest BCUT2D eigenvalue weighted by Gasteiger charge is 2.11. The molecule has 4 nitrogen and oxygen atoms in total. The molecule has 21 heavy (non-hydrogen) atoms. The van der Waals surface area contributed by atoms with E-state index in [1.54, 1.807) is 0 Å². The zero-order chi connectivity index (χ0) is 14.5. The Morgan fingerprint density at radius 3 is 2.52 bits per heavy atom. The standard InChI is InChI=1S/C17H22N4/c1-2-18-17-13-15(9-10-19-17)20-14-5-7-16(8-6-14)21-11-3-4-12-21/h5-10,13H,2-4,11-12H2,1H3,(H2,18,19,20). The summed E-state index contributed by atoms with van der Waals surface area (Å²) in [6.07, 6.45) is 4.44. The van der Waals surface area contributed by atoms with Gasteiger partial charge in [0.1, 0.15) is 5.82 Å². The Kier molecular flexibility index (Phi) is 4.24. The van der Waals surface area contributed by atoms with Crippen molar-refractivity contribution in [2.75, 3.05) is 35.2 Å². The predicted molar refractivity (Wildman–Crippen MR) is 89.6 cm³/mol. The Bertz CT molecular complexity index is 574. The van der Waals surface area contributed by atoms with Crippen molar-refractivity contribution in [1.29, 1.82) is 0 Å². The molecule has 2 aromatic rings. The van der Waals surface area contributed by atoms with E-state index in [0.717, 1.165) is 23.7 Å². The monoisotopic (exact) mass is 282 g/mol. The third-order valence-corrected chi connectivity index (χ3v) is 3.75. The minimum atomic E-state index is 0.876. The van der Waals surface area contributed by atoms with Crippen molar-refractivity contribution in [3.05, 3.63) is 42.6 Å². The van der Waals surface area contributed by atoms with Crippen molar-refractivity contribution in [3.8, 4) is 0 Å². The molecular weight excluding hydrogens is 260 g/mol. The van der Waals surface area contributed by atoms with E-state index in [2.05, 4.69) is 51.7 Å². The van der Waals surface area contributed by atoms with Gasteiger partial charge in [-0.2, -0.15) is 0 Å². The van der Waals surface area contributed by atoms with Gasteiger partial charge in [-0.1, -0.05) is 0 Å². The Morgan fingerprint density at radius 2 is 1.81 bits per heavy atom. The van der Waals surface area contributed by atoms with E-state index in [-0.39, 0.29) is 0 Å². The van der Waals surface area contributed by atoms with Gasteiger partial charge in [0.05, 0.1) is 0 Å². The normalized spacial score (nSPS) is 14.2. The molecule has 1 aliphatic rings. The molecule has 1 aliphatic heterocycles. The smallest absolute Gasteiger partial charge is 0.127 e. The van der Waals surface area contributed by atoms with Gasteiger partial charge in [0.2, 0.25) is 0 Å². The Balaban J connectivity index is 1.68. The summed E-state index contributed by atoms with van der Waals surface area (Å²) in [5, 5.41) is 6.64. The minimum absolute atomic E-state index is 0.876. The Morgan fingerprint density at radius 1 is 1.05 bits per heavy atom. The molecule has 1 aromatic carbocycles. The molecule has 2 heterocycles. The van der Waals surface area contributed by atoms with Gasteiger partial charge in [0.15, 0.2) is 0 Å². The van der Waals surface area contributed by atoms with Crippen LogP contribution >= 0.6 is 0 Å². The molecule has 0 unspecified atom stereocenters. The fourth-order valence-electron chi connectivity index (χ4n) is 2.68. The fraction of sp³-hybridized carbons (Fsp3) is 0.353. The molecule has 110 valence electrons. The third kappa shape index (κ3) is 3.45. The molecule has 0 radical (unpaired) electrons. The number of benzene rings is 1. The topological polar surface area (TPSA) is 40.2 Å². The third-order valence-electron chi connectivity index (χ3n) is 3.75. The average Bonchev–Trinajstić information content (AvgIpc) is 3.03. The summed E-state index contributed by atoms with van der Waals surface area (Å²) in [5.74, 6) is 0.899. The molecule has 4 heteroatoms. The second-order valence-electron chi connectivity index (χ2n) is 5.33. The van der Waals surface area contributed by atoms with Gasteiger partial charge in [-0.3, -0.25) is 0 Å². The summed E-state index contributed by atoms with van der Waals surface area (Å²) in [5.41, 5.74) is 3.47. The number of aromatic nitrogens is 1. The number of anilines is 4. The summed E-state index contributed by atoms with van der Waals surface area (Å²) in [6.45, 7) is 5.31. The molecule has 3 rings (SSSR count). The van der Waals surface area contributed by atoms with Crippen molar-refractivity contribution in [2.24, 2.45) is 0 Å². The second kappa shape index (κ2) is 6.48. The second-order valence-corrected chi connectivity index (χ2v) is 5.33. The first-order valence-corrected chi connectivity index (χ1v) is 7.67. The van der Waals surface area contributed by atoms with Gasteiger partial charge < -0.3 is 15.5 Å². The lowest BCUT2D eigenvalue weighted by Gasteiger charge is -2.18. The van der Waals surface area contributed by atoms with Crippen LogP contribution in [0.4, 0.5) is 22.9 Å². The summed E-state index contributed by atoms with van der Waals surface area (Å²) in [4.78, 5) is 6.72. The summed E-state index contributed by atoms with van der Waals surface area (Å²) < 4.78 is 0. The Labute approximate surface area is 126 Å². The number of pyridine rings is 1. The van der Waals surface area contributed by atoms with E-state index in [9.17, 15) is 0 Å². The predicted octanol–water partition coefficient (Wildman–Crippen LogP) is 3.86. The van der Waals surface area contributed by atoms with E-state index < -0.39 is 0 Å². The molecule has 0 saturated carbocycles. The lowest BCUT2D eigenvalue weighted by atomic mass is 10.2. The minimum Gasteiger partial charge on any atom is -0.372 e. The van der Waals surface area contributed by atoms with Crippen LogP contribution < -0.4 is 15.5 Å². The van der Waals surface area contributed by atoms with E-state index in [1.807, 2.05) is 18.3 Å². The van der Waals surface area contributed by atoms with Crippen LogP contribution in [-0.2, 0) is 0 Å². The van der Waals surface area contributed by atoms with Gasteiger partial charge >= 0.3 is 0 Å². The zero-order valence-electron chi connectivity index (χ0n) is 12.5. The first-order valence-electron chi connectivity index (χ1n) is 7.67. The largest absolute Gasteiger partial charge is 0.372 e. The molecular formula is C17H22N4. The van der Waals surface area contributed by atoms with Gasteiger partial charge in [-0.25, -0.2) is 4.98 Å². The number of nitrogens with zero attached hydrogens (tertiary/aromatic N) is 2. The van der Waals surface area contributed by atoms with Crippen LogP contribution in [0, 0.1) is 0 Å². The molecule has 1 fully saturated rings. The molecule has 0 aliphatic carbocycles. The van der Waals surface area contributed by atoms with Crippen LogP contribution in [0.25, 0.3) is 0 Å². The highest BCUT2D eigenvalue weighted by molar-refractivity contribution is 5.64. The van der Waals surface area contributed by atoms with Gasteiger partial charge in [0, 0.05) is 49.0 Å². The number of hydrogen-bond acceptors (Lipinski definition) is 4. The summed E-state index contributed by atoms with van der Waals surface area (Å²) >= 11 is 0. The van der Waals surface area contributed by atoms with Crippen LogP contribution in [0.15, 0.2) is 42.6 Å². The van der Waals surface area contributed by atoms with Crippen molar-refractivity contribution in [3.63, 3.8) is 0 Å². The first kappa shape index (κ1) is 13.7. The number of nitrogens with one attached hydrogen (secondary N) is 2. The van der Waals surface area contributed by atoms with E-state index >= 15 is 0 Å². The lowest BCUT2D eigenvalue weighted by Crippen LogP contribution is -2.17. The van der Waals surface area contributed by atoms with Crippen molar-refractivity contribution >= 4 is 22.9 Å². The maximum Gasteiger partial charge on any atom is 0.127 e. The van der Waals surface area contributed by atoms with Crippen molar-refractivity contribution in [2.45, 2.75) is 19.8 Å². The highest BCUT2D eigenvalue weighted by Crippen LogP contribution is 2.24. The fourth-order valence-corrected chi connectivity index (χ4v) is 2.68. The maximum absolute atomic E-state index is 4.28. The highest BCUT2D eigenvalue weighted by atomic mass is 15.1. The van der Waals surface area contributed by atoms with Crippen LogP contribution in [0.2, 0.25) is 0 Å². The van der Waals surface area contributed by atoms with E-state index in [4.69, 9.17) is 0 Å². The van der Waals surface area contributed by atoms with E-state index in [0.29, 0.717) is 0 Å². The Hall–Kier alpha value is -2.23. The lowest BCUT2D eigenvalue weighted by molar-refractivity contribution is 0.949. The zero-order valence-corrected chi connectivity index (χ0v) is 12.5. The SMILES string of the molecule is CCNc1cc(Nc2ccc(N3CCCC3)cc2)ccn1. The maximum atomic E-state index is 4.28. The van der Waals surface area contributed by atoms with Crippen LogP contribution in [0.5, 0.6) is 0 Å². The van der Waals surface area contributed by atoms with Crippen molar-refractivity contribution in [1.82, 2.24) is 4.98 Å². The number of rotatable bonds is 5. The molecule has 0 bridgehead atoms. The van der Waals surface area contributed by atoms with Gasteiger partial charge in [-0.05, 0) is 50.1 Å². The van der Waals surface area contributed by atoms with Crippen LogP contribution in [-0.4, -0.2) is 24.6 Å². The number of hydrogen-bond donors (Lipinski definition) is 2.